The van der Waals surface area contributed by atoms with Crippen LogP contribution >= 0.6 is 12.2 Å². The summed E-state index contributed by atoms with van der Waals surface area (Å²) >= 11 is 5.05. The number of thiocarbonyl (C=S) groups is 1. The van der Waals surface area contributed by atoms with Crippen LogP contribution in [0.2, 0.25) is 0 Å². The molecule has 0 atom stereocenters. The van der Waals surface area contributed by atoms with Gasteiger partial charge in [-0.05, 0) is 30.4 Å². The third-order valence-corrected chi connectivity index (χ3v) is 3.60. The van der Waals surface area contributed by atoms with Crippen molar-refractivity contribution in [3.05, 3.63) is 29.3 Å². The minimum atomic E-state index is -4.88. The second-order valence-corrected chi connectivity index (χ2v) is 5.35. The van der Waals surface area contributed by atoms with E-state index in [0.717, 1.165) is 0 Å². The SMILES string of the molecule is FC(F)(F)c1cc(NC(=S)N2CCNCC2)cc(C(F)(F)F)c1. The summed E-state index contributed by atoms with van der Waals surface area (Å²) in [5.41, 5.74) is -3.09. The number of benzene rings is 1. The number of alkyl halides is 6. The van der Waals surface area contributed by atoms with Crippen LogP contribution in [0.1, 0.15) is 11.1 Å². The molecule has 0 spiro atoms. The molecule has 0 aliphatic carbocycles. The number of piperazine rings is 1. The molecule has 1 saturated heterocycles. The average molecular weight is 357 g/mol. The molecule has 1 aromatic rings. The van der Waals surface area contributed by atoms with E-state index < -0.39 is 23.5 Å². The molecule has 1 aliphatic rings. The molecule has 0 radical (unpaired) electrons. The van der Waals surface area contributed by atoms with Gasteiger partial charge in [-0.1, -0.05) is 0 Å². The van der Waals surface area contributed by atoms with Crippen molar-refractivity contribution in [2.75, 3.05) is 31.5 Å². The van der Waals surface area contributed by atoms with Crippen LogP contribution in [-0.2, 0) is 12.4 Å². The maximum Gasteiger partial charge on any atom is 0.416 e. The quantitative estimate of drug-likeness (QED) is 0.596. The Hall–Kier alpha value is -1.55. The van der Waals surface area contributed by atoms with Crippen molar-refractivity contribution in [3.8, 4) is 0 Å². The molecule has 1 aliphatic heterocycles. The number of hydrogen-bond acceptors (Lipinski definition) is 2. The summed E-state index contributed by atoms with van der Waals surface area (Å²) in [5, 5.41) is 5.63. The molecular weight excluding hydrogens is 344 g/mol. The van der Waals surface area contributed by atoms with E-state index in [1.807, 2.05) is 0 Å². The van der Waals surface area contributed by atoms with Crippen molar-refractivity contribution in [2.24, 2.45) is 0 Å². The summed E-state index contributed by atoms with van der Waals surface area (Å²) in [7, 11) is 0. The second kappa shape index (κ2) is 6.52. The van der Waals surface area contributed by atoms with Crippen LogP contribution in [0.25, 0.3) is 0 Å². The van der Waals surface area contributed by atoms with E-state index in [-0.39, 0.29) is 16.9 Å². The fourth-order valence-electron chi connectivity index (χ4n) is 2.10. The first-order chi connectivity index (χ1) is 10.6. The Morgan fingerprint density at radius 2 is 1.43 bits per heavy atom. The minimum Gasteiger partial charge on any atom is -0.346 e. The summed E-state index contributed by atoms with van der Waals surface area (Å²) in [5.74, 6) is 0. The maximum atomic E-state index is 12.8. The number of halogens is 6. The van der Waals surface area contributed by atoms with E-state index in [0.29, 0.717) is 38.3 Å². The van der Waals surface area contributed by atoms with Crippen molar-refractivity contribution in [1.82, 2.24) is 10.2 Å². The standard InChI is InChI=1S/C13H13F6N3S/c14-12(15,16)8-5-9(13(17,18)19)7-10(6-8)21-11(23)22-3-1-20-2-4-22/h5-7,20H,1-4H2,(H,21,23). The van der Waals surface area contributed by atoms with Gasteiger partial charge in [-0.15, -0.1) is 0 Å². The van der Waals surface area contributed by atoms with Crippen LogP contribution in [0.5, 0.6) is 0 Å². The summed E-state index contributed by atoms with van der Waals surface area (Å²) in [6.45, 7) is 2.32. The van der Waals surface area contributed by atoms with Crippen molar-refractivity contribution in [3.63, 3.8) is 0 Å². The van der Waals surface area contributed by atoms with Crippen LogP contribution in [0.15, 0.2) is 18.2 Å². The lowest BCUT2D eigenvalue weighted by molar-refractivity contribution is -0.143. The molecule has 2 rings (SSSR count). The Morgan fingerprint density at radius 3 is 1.87 bits per heavy atom. The summed E-state index contributed by atoms with van der Waals surface area (Å²) in [4.78, 5) is 1.68. The lowest BCUT2D eigenvalue weighted by Gasteiger charge is -2.30. The number of anilines is 1. The van der Waals surface area contributed by atoms with Crippen molar-refractivity contribution >= 4 is 23.0 Å². The zero-order chi connectivity index (χ0) is 17.3. The van der Waals surface area contributed by atoms with Gasteiger partial charge in [-0.2, -0.15) is 26.3 Å². The van der Waals surface area contributed by atoms with E-state index in [1.54, 1.807) is 4.90 Å². The van der Waals surface area contributed by atoms with E-state index in [1.165, 1.54) is 0 Å². The Balaban J connectivity index is 2.28. The second-order valence-electron chi connectivity index (χ2n) is 4.96. The highest BCUT2D eigenvalue weighted by molar-refractivity contribution is 7.80. The van der Waals surface area contributed by atoms with E-state index in [4.69, 9.17) is 12.2 Å². The Labute approximate surface area is 133 Å². The van der Waals surface area contributed by atoms with E-state index in [9.17, 15) is 26.3 Å². The summed E-state index contributed by atoms with van der Waals surface area (Å²) in [6, 6.07) is 1.31. The Morgan fingerprint density at radius 1 is 0.957 bits per heavy atom. The highest BCUT2D eigenvalue weighted by atomic mass is 32.1. The molecule has 23 heavy (non-hydrogen) atoms. The Bertz CT molecular complexity index is 546. The highest BCUT2D eigenvalue weighted by Gasteiger charge is 2.37. The molecule has 1 heterocycles. The van der Waals surface area contributed by atoms with Gasteiger partial charge in [-0.25, -0.2) is 0 Å². The van der Waals surface area contributed by atoms with Crippen LogP contribution in [0.3, 0.4) is 0 Å². The molecule has 2 N–H and O–H groups in total. The number of nitrogens with one attached hydrogen (secondary N) is 2. The monoisotopic (exact) mass is 357 g/mol. The summed E-state index contributed by atoms with van der Waals surface area (Å²) in [6.07, 6.45) is -9.76. The third-order valence-electron chi connectivity index (χ3n) is 3.24. The lowest BCUT2D eigenvalue weighted by atomic mass is 10.1. The fourth-order valence-corrected chi connectivity index (χ4v) is 2.40. The molecule has 128 valence electrons. The van der Waals surface area contributed by atoms with E-state index in [2.05, 4.69) is 10.6 Å². The molecule has 0 aromatic heterocycles. The largest absolute Gasteiger partial charge is 0.416 e. The number of hydrogen-bond donors (Lipinski definition) is 2. The minimum absolute atomic E-state index is 0.0824. The molecular formula is C13H13F6N3S. The van der Waals surface area contributed by atoms with Gasteiger partial charge in [-0.3, -0.25) is 0 Å². The maximum absolute atomic E-state index is 12.8. The third kappa shape index (κ3) is 4.71. The van der Waals surface area contributed by atoms with Crippen LogP contribution in [-0.4, -0.2) is 36.2 Å². The van der Waals surface area contributed by atoms with Crippen molar-refractivity contribution < 1.29 is 26.3 Å². The average Bonchev–Trinajstić information content (AvgIpc) is 2.46. The first kappa shape index (κ1) is 17.8. The zero-order valence-electron chi connectivity index (χ0n) is 11.7. The summed E-state index contributed by atoms with van der Waals surface area (Å²) < 4.78 is 76.7. The number of nitrogens with zero attached hydrogens (tertiary/aromatic N) is 1. The molecule has 1 fully saturated rings. The van der Waals surface area contributed by atoms with Gasteiger partial charge in [0.2, 0.25) is 0 Å². The van der Waals surface area contributed by atoms with Crippen molar-refractivity contribution in [1.29, 1.82) is 0 Å². The molecule has 0 amide bonds. The Kier molecular flexibility index (Phi) is 5.04. The van der Waals surface area contributed by atoms with Crippen LogP contribution in [0, 0.1) is 0 Å². The van der Waals surface area contributed by atoms with Gasteiger partial charge in [0.25, 0.3) is 0 Å². The predicted molar refractivity (Wildman–Crippen MR) is 77.1 cm³/mol. The van der Waals surface area contributed by atoms with Gasteiger partial charge < -0.3 is 15.5 Å². The van der Waals surface area contributed by atoms with Gasteiger partial charge in [0, 0.05) is 31.9 Å². The fraction of sp³-hybridized carbons (Fsp3) is 0.462. The first-order valence-electron chi connectivity index (χ1n) is 6.63. The van der Waals surface area contributed by atoms with Gasteiger partial charge in [0.15, 0.2) is 5.11 Å². The number of rotatable bonds is 1. The molecule has 3 nitrogen and oxygen atoms in total. The smallest absolute Gasteiger partial charge is 0.346 e. The first-order valence-corrected chi connectivity index (χ1v) is 7.04. The zero-order valence-corrected chi connectivity index (χ0v) is 12.5. The highest BCUT2D eigenvalue weighted by Crippen LogP contribution is 2.37. The van der Waals surface area contributed by atoms with Gasteiger partial charge in [0.1, 0.15) is 0 Å². The molecule has 1 aromatic carbocycles. The van der Waals surface area contributed by atoms with Crippen molar-refractivity contribution in [2.45, 2.75) is 12.4 Å². The topological polar surface area (TPSA) is 27.3 Å². The van der Waals surface area contributed by atoms with E-state index >= 15 is 0 Å². The van der Waals surface area contributed by atoms with Crippen LogP contribution in [0.4, 0.5) is 32.0 Å². The molecule has 0 unspecified atom stereocenters. The lowest BCUT2D eigenvalue weighted by Crippen LogP contribution is -2.47. The van der Waals surface area contributed by atoms with Crippen LogP contribution < -0.4 is 10.6 Å². The van der Waals surface area contributed by atoms with Gasteiger partial charge in [0.05, 0.1) is 11.1 Å². The molecule has 0 saturated carbocycles. The normalized spacial score (nSPS) is 16.3. The molecule has 10 heteroatoms. The molecule has 0 bridgehead atoms. The van der Waals surface area contributed by atoms with Gasteiger partial charge >= 0.3 is 12.4 Å². The predicted octanol–water partition coefficient (Wildman–Crippen LogP) is 3.33.